The van der Waals surface area contributed by atoms with Crippen molar-refractivity contribution in [2.75, 3.05) is 47.4 Å². The number of rotatable bonds is 8. The van der Waals surface area contributed by atoms with Crippen LogP contribution in [-0.4, -0.2) is 68.2 Å². The van der Waals surface area contributed by atoms with Crippen molar-refractivity contribution in [2.45, 2.75) is 0 Å². The number of amidine groups is 1. The van der Waals surface area contributed by atoms with Gasteiger partial charge in [0.25, 0.3) is 0 Å². The predicted octanol–water partition coefficient (Wildman–Crippen LogP) is 0.653. The Morgan fingerprint density at radius 3 is 2.35 bits per heavy atom. The maximum Gasteiger partial charge on any atom is 0.170 e. The van der Waals surface area contributed by atoms with Gasteiger partial charge in [-0.15, -0.1) is 0 Å². The van der Waals surface area contributed by atoms with Crippen LogP contribution in [0.15, 0.2) is 29.4 Å². The van der Waals surface area contributed by atoms with Gasteiger partial charge >= 0.3 is 0 Å². The van der Waals surface area contributed by atoms with E-state index in [1.807, 2.05) is 12.1 Å². The average Bonchev–Trinajstić information content (AvgIpc) is 2.45. The lowest BCUT2D eigenvalue weighted by molar-refractivity contribution is 0.222. The lowest BCUT2D eigenvalue weighted by Gasteiger charge is -2.19. The lowest BCUT2D eigenvalue weighted by atomic mass is 10.2. The minimum absolute atomic E-state index is 0.0972. The molecule has 1 aromatic rings. The molecule has 20 heavy (non-hydrogen) atoms. The van der Waals surface area contributed by atoms with E-state index < -0.39 is 0 Å². The average molecular weight is 280 g/mol. The Balaban J connectivity index is 2.32. The summed E-state index contributed by atoms with van der Waals surface area (Å²) >= 11 is 0. The normalized spacial score (nSPS) is 12.2. The number of likely N-dealkylation sites (N-methyl/N-ethyl adjacent to an activating group) is 2. The standard InChI is InChI=1S/C14H24N4O2/c1-17(2)8-9-18(3)10-11-20-13-6-4-12(5-7-13)14(15)16-19/h4-7,19H,8-11H2,1-3H3,(H2,15,16). The molecule has 112 valence electrons. The molecule has 1 aromatic carbocycles. The van der Waals surface area contributed by atoms with E-state index in [9.17, 15) is 0 Å². The minimum atomic E-state index is 0.0972. The molecular formula is C14H24N4O2. The molecule has 0 aliphatic heterocycles. The van der Waals surface area contributed by atoms with Gasteiger partial charge in [-0.3, -0.25) is 0 Å². The van der Waals surface area contributed by atoms with Crippen molar-refractivity contribution in [3.8, 4) is 5.75 Å². The third-order valence-electron chi connectivity index (χ3n) is 2.93. The first-order chi connectivity index (χ1) is 9.52. The maximum absolute atomic E-state index is 8.57. The van der Waals surface area contributed by atoms with Crippen LogP contribution >= 0.6 is 0 Å². The number of ether oxygens (including phenoxy) is 1. The summed E-state index contributed by atoms with van der Waals surface area (Å²) in [6, 6.07) is 7.15. The van der Waals surface area contributed by atoms with Crippen molar-refractivity contribution < 1.29 is 9.94 Å². The maximum atomic E-state index is 8.57. The SMILES string of the molecule is CN(C)CCN(C)CCOc1ccc(C(N)=NO)cc1. The summed E-state index contributed by atoms with van der Waals surface area (Å²) < 4.78 is 5.65. The fourth-order valence-corrected chi connectivity index (χ4v) is 1.58. The van der Waals surface area contributed by atoms with Crippen LogP contribution in [0.1, 0.15) is 5.56 Å². The highest BCUT2D eigenvalue weighted by atomic mass is 16.5. The molecule has 6 nitrogen and oxygen atoms in total. The first-order valence-electron chi connectivity index (χ1n) is 6.57. The molecule has 0 fully saturated rings. The molecule has 0 aliphatic rings. The summed E-state index contributed by atoms with van der Waals surface area (Å²) in [5.74, 6) is 0.875. The van der Waals surface area contributed by atoms with Gasteiger partial charge in [0, 0.05) is 25.2 Å². The summed E-state index contributed by atoms with van der Waals surface area (Å²) in [5.41, 5.74) is 6.16. The molecule has 0 spiro atoms. The van der Waals surface area contributed by atoms with E-state index >= 15 is 0 Å². The molecular weight excluding hydrogens is 256 g/mol. The molecule has 0 radical (unpaired) electrons. The molecule has 0 aromatic heterocycles. The van der Waals surface area contributed by atoms with Gasteiger partial charge in [0.05, 0.1) is 0 Å². The fraction of sp³-hybridized carbons (Fsp3) is 0.500. The second-order valence-electron chi connectivity index (χ2n) is 4.96. The molecule has 0 atom stereocenters. The van der Waals surface area contributed by atoms with Gasteiger partial charge in [0.1, 0.15) is 12.4 Å². The zero-order valence-corrected chi connectivity index (χ0v) is 12.4. The Bertz CT molecular complexity index is 418. The van der Waals surface area contributed by atoms with Gasteiger partial charge in [-0.2, -0.15) is 0 Å². The topological polar surface area (TPSA) is 74.3 Å². The van der Waals surface area contributed by atoms with E-state index in [1.165, 1.54) is 0 Å². The van der Waals surface area contributed by atoms with Gasteiger partial charge in [0.2, 0.25) is 0 Å². The Morgan fingerprint density at radius 2 is 1.80 bits per heavy atom. The highest BCUT2D eigenvalue weighted by molar-refractivity contribution is 5.97. The van der Waals surface area contributed by atoms with Gasteiger partial charge < -0.3 is 25.5 Å². The Morgan fingerprint density at radius 1 is 1.15 bits per heavy atom. The molecule has 0 aliphatic carbocycles. The Kier molecular flexibility index (Phi) is 6.83. The monoisotopic (exact) mass is 280 g/mol. The van der Waals surface area contributed by atoms with Crippen molar-refractivity contribution >= 4 is 5.84 Å². The third-order valence-corrected chi connectivity index (χ3v) is 2.93. The summed E-state index contributed by atoms with van der Waals surface area (Å²) in [5, 5.41) is 11.5. The highest BCUT2D eigenvalue weighted by Gasteiger charge is 2.02. The molecule has 0 unspecified atom stereocenters. The van der Waals surface area contributed by atoms with Crippen LogP contribution in [-0.2, 0) is 0 Å². The molecule has 0 heterocycles. The fourth-order valence-electron chi connectivity index (χ4n) is 1.58. The number of hydrogen-bond donors (Lipinski definition) is 2. The van der Waals surface area contributed by atoms with E-state index in [0.717, 1.165) is 25.4 Å². The van der Waals surface area contributed by atoms with E-state index in [1.54, 1.807) is 12.1 Å². The van der Waals surface area contributed by atoms with Gasteiger partial charge in [-0.1, -0.05) is 5.16 Å². The third kappa shape index (κ3) is 5.90. The second kappa shape index (κ2) is 8.39. The van der Waals surface area contributed by atoms with Crippen LogP contribution in [0.4, 0.5) is 0 Å². The van der Waals surface area contributed by atoms with Crippen LogP contribution in [0.25, 0.3) is 0 Å². The second-order valence-corrected chi connectivity index (χ2v) is 4.96. The number of hydrogen-bond acceptors (Lipinski definition) is 5. The molecule has 0 saturated heterocycles. The van der Waals surface area contributed by atoms with Crippen LogP contribution in [0.5, 0.6) is 5.75 Å². The lowest BCUT2D eigenvalue weighted by Crippen LogP contribution is -2.31. The summed E-state index contributed by atoms with van der Waals surface area (Å²) in [6.07, 6.45) is 0. The van der Waals surface area contributed by atoms with Gasteiger partial charge in [0.15, 0.2) is 5.84 Å². The Hall–Kier alpha value is -1.79. The van der Waals surface area contributed by atoms with Crippen LogP contribution in [0.2, 0.25) is 0 Å². The number of nitrogens with two attached hydrogens (primary N) is 1. The molecule has 3 N–H and O–H groups in total. The molecule has 0 amide bonds. The number of benzene rings is 1. The number of nitrogens with zero attached hydrogens (tertiary/aromatic N) is 3. The van der Waals surface area contributed by atoms with Crippen LogP contribution < -0.4 is 10.5 Å². The van der Waals surface area contributed by atoms with Crippen molar-refractivity contribution in [3.63, 3.8) is 0 Å². The Labute approximate surface area is 120 Å². The highest BCUT2D eigenvalue weighted by Crippen LogP contribution is 2.11. The molecule has 0 bridgehead atoms. The smallest absolute Gasteiger partial charge is 0.170 e. The van der Waals surface area contributed by atoms with Crippen molar-refractivity contribution in [1.29, 1.82) is 0 Å². The summed E-state index contributed by atoms with van der Waals surface area (Å²) in [4.78, 5) is 4.38. The minimum Gasteiger partial charge on any atom is -0.492 e. The van der Waals surface area contributed by atoms with E-state index in [2.05, 4.69) is 36.1 Å². The van der Waals surface area contributed by atoms with Gasteiger partial charge in [-0.25, -0.2) is 0 Å². The zero-order valence-electron chi connectivity index (χ0n) is 12.4. The molecule has 0 saturated carbocycles. The zero-order chi connectivity index (χ0) is 15.0. The summed E-state index contributed by atoms with van der Waals surface area (Å²) in [7, 11) is 6.20. The molecule has 6 heteroatoms. The van der Waals surface area contributed by atoms with Crippen molar-refractivity contribution in [1.82, 2.24) is 9.80 Å². The summed E-state index contributed by atoms with van der Waals surface area (Å²) in [6.45, 7) is 3.55. The first kappa shape index (κ1) is 16.3. The van der Waals surface area contributed by atoms with E-state index in [4.69, 9.17) is 15.7 Å². The number of oxime groups is 1. The predicted molar refractivity (Wildman–Crippen MR) is 80.5 cm³/mol. The quantitative estimate of drug-likeness (QED) is 0.316. The van der Waals surface area contributed by atoms with E-state index in [0.29, 0.717) is 12.2 Å². The van der Waals surface area contributed by atoms with Gasteiger partial charge in [-0.05, 0) is 45.4 Å². The first-order valence-corrected chi connectivity index (χ1v) is 6.57. The van der Waals surface area contributed by atoms with Crippen LogP contribution in [0, 0.1) is 0 Å². The largest absolute Gasteiger partial charge is 0.492 e. The molecule has 1 rings (SSSR count). The van der Waals surface area contributed by atoms with Crippen LogP contribution in [0.3, 0.4) is 0 Å². The van der Waals surface area contributed by atoms with Crippen molar-refractivity contribution in [3.05, 3.63) is 29.8 Å². The van der Waals surface area contributed by atoms with Crippen molar-refractivity contribution in [2.24, 2.45) is 10.9 Å². The van der Waals surface area contributed by atoms with E-state index in [-0.39, 0.29) is 5.84 Å².